The zero-order chi connectivity index (χ0) is 40.3. The molecule has 324 valence electrons. The predicted octanol–water partition coefficient (Wildman–Crippen LogP) is 2.25. The topological polar surface area (TPSA) is 201 Å². The lowest BCUT2D eigenvalue weighted by Gasteiger charge is -2.12. The van der Waals surface area contributed by atoms with E-state index in [1.54, 1.807) is 0 Å². The number of ether oxygens (including phenoxy) is 10. The largest absolute Gasteiger partial charge is 0.472 e. The van der Waals surface area contributed by atoms with Crippen molar-refractivity contribution in [3.8, 4) is 0 Å². The molecule has 2 aromatic carbocycles. The van der Waals surface area contributed by atoms with Gasteiger partial charge in [0.2, 0.25) is 0 Å². The monoisotopic (exact) mass is 823 g/mol. The van der Waals surface area contributed by atoms with Gasteiger partial charge in [0.15, 0.2) is 0 Å². The van der Waals surface area contributed by atoms with Gasteiger partial charge in [-0.3, -0.25) is 9.05 Å². The van der Waals surface area contributed by atoms with Crippen molar-refractivity contribution in [2.24, 2.45) is 0 Å². The average Bonchev–Trinajstić information content (AvgIpc) is 3.21. The van der Waals surface area contributed by atoms with Crippen molar-refractivity contribution in [3.05, 3.63) is 71.8 Å². The predicted molar refractivity (Wildman–Crippen MR) is 208 cm³/mol. The number of nitrogens with one attached hydrogen (secondary N) is 1. The third kappa shape index (κ3) is 37.6. The summed E-state index contributed by atoms with van der Waals surface area (Å²) in [5.74, 6) is 0. The Hall–Kier alpha value is -1.97. The first kappa shape index (κ1) is 52.0. The Morgan fingerprint density at radius 3 is 0.911 bits per heavy atom. The molecule has 0 aliphatic rings. The van der Waals surface area contributed by atoms with Crippen LogP contribution in [-0.2, 0) is 74.2 Å². The second kappa shape index (κ2) is 41.2. The van der Waals surface area contributed by atoms with E-state index in [1.165, 1.54) is 0 Å². The summed E-state index contributed by atoms with van der Waals surface area (Å²) in [7, 11) is -4.18. The van der Waals surface area contributed by atoms with E-state index in [4.69, 9.17) is 66.6 Å². The van der Waals surface area contributed by atoms with Crippen LogP contribution in [0.5, 0.6) is 0 Å². The van der Waals surface area contributed by atoms with Crippen molar-refractivity contribution in [2.75, 3.05) is 158 Å². The molecular weight excluding hydrogens is 757 g/mol. The van der Waals surface area contributed by atoms with E-state index in [2.05, 4.69) is 5.32 Å². The van der Waals surface area contributed by atoms with E-state index in [9.17, 15) is 9.46 Å². The van der Waals surface area contributed by atoms with Gasteiger partial charge in [-0.05, 0) is 11.1 Å². The van der Waals surface area contributed by atoms with E-state index in [-0.39, 0.29) is 39.6 Å². The molecule has 0 spiro atoms. The fourth-order valence-electron chi connectivity index (χ4n) is 4.03. The Balaban J connectivity index is 0.00000203. The van der Waals surface area contributed by atoms with Gasteiger partial charge in [-0.25, -0.2) is 4.57 Å². The van der Waals surface area contributed by atoms with E-state index >= 15 is 0 Å². The number of hydrogen-bond donors (Lipinski definition) is 4. The van der Waals surface area contributed by atoms with Crippen molar-refractivity contribution in [2.45, 2.75) is 13.2 Å². The molecule has 2 rings (SSSR count). The summed E-state index contributed by atoms with van der Waals surface area (Å²) in [6, 6.07) is 20.0. The average molecular weight is 824 g/mol. The highest BCUT2D eigenvalue weighted by Gasteiger charge is 2.20. The van der Waals surface area contributed by atoms with Crippen molar-refractivity contribution in [1.82, 2.24) is 5.32 Å². The van der Waals surface area contributed by atoms with Crippen LogP contribution in [0.1, 0.15) is 11.1 Å². The molecule has 0 saturated carbocycles. The van der Waals surface area contributed by atoms with Crippen molar-refractivity contribution in [3.63, 3.8) is 0 Å². The van der Waals surface area contributed by atoms with E-state index < -0.39 is 7.82 Å². The maximum Gasteiger partial charge on any atom is 0.472 e. The molecular formula is C38H66NO16P. The molecule has 0 saturated heterocycles. The molecule has 2 aromatic rings. The van der Waals surface area contributed by atoms with Gasteiger partial charge in [-0.2, -0.15) is 0 Å². The molecule has 0 aliphatic heterocycles. The molecule has 0 heterocycles. The number of phosphoric ester groups is 1. The number of aliphatic hydroxyl groups excluding tert-OH is 2. The summed E-state index contributed by atoms with van der Waals surface area (Å²) in [5.41, 5.74) is 2.27. The molecule has 17 nitrogen and oxygen atoms in total. The van der Waals surface area contributed by atoms with Gasteiger partial charge >= 0.3 is 7.82 Å². The molecule has 0 unspecified atom stereocenters. The minimum Gasteiger partial charge on any atom is -0.395 e. The molecule has 4 N–H and O–H groups in total. The lowest BCUT2D eigenvalue weighted by molar-refractivity contribution is -0.0165. The van der Waals surface area contributed by atoms with Crippen molar-refractivity contribution in [1.29, 1.82) is 0 Å². The number of benzene rings is 2. The van der Waals surface area contributed by atoms with Crippen LogP contribution in [0.2, 0.25) is 0 Å². The first-order valence-electron chi connectivity index (χ1n) is 19.0. The van der Waals surface area contributed by atoms with E-state index in [1.807, 2.05) is 60.7 Å². The van der Waals surface area contributed by atoms with Crippen molar-refractivity contribution >= 4 is 7.82 Å². The maximum atomic E-state index is 11.9. The molecule has 0 bridgehead atoms. The van der Waals surface area contributed by atoms with E-state index in [0.717, 1.165) is 11.1 Å². The lowest BCUT2D eigenvalue weighted by Crippen LogP contribution is -2.21. The van der Waals surface area contributed by atoms with Gasteiger partial charge in [-0.15, -0.1) is 0 Å². The second-order valence-corrected chi connectivity index (χ2v) is 12.8. The summed E-state index contributed by atoms with van der Waals surface area (Å²) in [6.07, 6.45) is 0. The summed E-state index contributed by atoms with van der Waals surface area (Å²) in [5, 5.41) is 19.1. The molecule has 0 radical (unpaired) electrons. The number of hydrogen-bond acceptors (Lipinski definition) is 16. The van der Waals surface area contributed by atoms with Crippen LogP contribution < -0.4 is 5.32 Å². The van der Waals surface area contributed by atoms with Crippen LogP contribution in [0.3, 0.4) is 0 Å². The Kier molecular flexibility index (Phi) is 38.3. The second-order valence-electron chi connectivity index (χ2n) is 11.3. The number of phosphoric acid groups is 1. The van der Waals surface area contributed by atoms with E-state index in [0.29, 0.717) is 132 Å². The first-order chi connectivity index (χ1) is 27.6. The van der Waals surface area contributed by atoms with Gasteiger partial charge in [0.25, 0.3) is 0 Å². The minimum atomic E-state index is -4.18. The van der Waals surface area contributed by atoms with Crippen LogP contribution in [-0.4, -0.2) is 174 Å². The number of rotatable bonds is 40. The van der Waals surface area contributed by atoms with Gasteiger partial charge in [0.1, 0.15) is 0 Å². The fraction of sp³-hybridized carbons (Fsp3) is 0.684. The minimum absolute atomic E-state index is 0.0970. The van der Waals surface area contributed by atoms with Gasteiger partial charge in [-0.1, -0.05) is 60.7 Å². The highest BCUT2D eigenvalue weighted by Crippen LogP contribution is 2.42. The fourth-order valence-corrected chi connectivity index (χ4v) is 4.72. The Bertz CT molecular complexity index is 1030. The standard InChI is InChI=1S/C34H55O14P.C4H11NO2/c35-49(36,47-29-27-43-21-19-39-13-11-37-15-17-41-23-25-45-31-33-7-3-1-4-8-33)48-30-28-44-22-20-40-14-12-38-16-18-42-24-26-46-32-34-9-5-2-6-10-34;6-3-1-5-2-4-7/h1-10H,11-32H2,(H,35,36);5-7H,1-4H2. The SMILES string of the molecule is O=P(O)(OCCOCCOCCOCCOCCOCc1ccccc1)OCCOCCOCCOCCOCCOCc1ccccc1.OCCNCCO. The van der Waals surface area contributed by atoms with Gasteiger partial charge < -0.3 is 67.8 Å². The Morgan fingerprint density at radius 2 is 0.643 bits per heavy atom. The summed E-state index contributed by atoms with van der Waals surface area (Å²) < 4.78 is 76.1. The van der Waals surface area contributed by atoms with Crippen LogP contribution >= 0.6 is 7.82 Å². The molecule has 0 atom stereocenters. The third-order valence-corrected chi connectivity index (χ3v) is 7.76. The zero-order valence-electron chi connectivity index (χ0n) is 32.8. The quantitative estimate of drug-likeness (QED) is 0.0563. The van der Waals surface area contributed by atoms with Gasteiger partial charge in [0, 0.05) is 13.1 Å². The van der Waals surface area contributed by atoms with Crippen molar-refractivity contribution < 1.29 is 76.1 Å². The Morgan fingerprint density at radius 1 is 0.393 bits per heavy atom. The smallest absolute Gasteiger partial charge is 0.395 e. The first-order valence-corrected chi connectivity index (χ1v) is 20.5. The van der Waals surface area contributed by atoms with Crippen LogP contribution in [0.4, 0.5) is 0 Å². The van der Waals surface area contributed by atoms with Gasteiger partial charge in [0.05, 0.1) is 159 Å². The molecule has 0 amide bonds. The highest BCUT2D eigenvalue weighted by molar-refractivity contribution is 7.47. The molecule has 18 heteroatoms. The number of aliphatic hydroxyl groups is 2. The normalized spacial score (nSPS) is 11.5. The van der Waals surface area contributed by atoms with Crippen LogP contribution in [0.25, 0.3) is 0 Å². The highest BCUT2D eigenvalue weighted by atomic mass is 31.2. The van der Waals surface area contributed by atoms with Crippen LogP contribution in [0, 0.1) is 0 Å². The molecule has 0 aromatic heterocycles. The third-order valence-electron chi connectivity index (χ3n) is 6.74. The van der Waals surface area contributed by atoms with Crippen LogP contribution in [0.15, 0.2) is 60.7 Å². The zero-order valence-corrected chi connectivity index (χ0v) is 33.6. The molecule has 0 fully saturated rings. The summed E-state index contributed by atoms with van der Waals surface area (Å²) >= 11 is 0. The molecule has 0 aliphatic carbocycles. The summed E-state index contributed by atoms with van der Waals surface area (Å²) in [4.78, 5) is 9.72. The Labute approximate surface area is 332 Å². The maximum absolute atomic E-state index is 11.9. The molecule has 56 heavy (non-hydrogen) atoms. The lowest BCUT2D eigenvalue weighted by atomic mass is 10.2. The summed E-state index contributed by atoms with van der Waals surface area (Å²) in [6.45, 7) is 9.70.